The molecule has 1 saturated heterocycles. The van der Waals surface area contributed by atoms with Gasteiger partial charge in [0.15, 0.2) is 5.11 Å². The molecule has 1 aliphatic heterocycles. The molecule has 0 spiro atoms. The van der Waals surface area contributed by atoms with Gasteiger partial charge < -0.3 is 10.1 Å². The predicted octanol–water partition coefficient (Wildman–Crippen LogP) is 3.20. The van der Waals surface area contributed by atoms with E-state index in [2.05, 4.69) is 24.3 Å². The van der Waals surface area contributed by atoms with Gasteiger partial charge in [-0.3, -0.25) is 14.4 Å². The number of aryl methyl sites for hydroxylation is 1. The molecule has 27 heavy (non-hydrogen) atoms. The van der Waals surface area contributed by atoms with Gasteiger partial charge >= 0.3 is 0 Å². The minimum absolute atomic E-state index is 0.141. The summed E-state index contributed by atoms with van der Waals surface area (Å²) in [6.07, 6.45) is 5.48. The van der Waals surface area contributed by atoms with Gasteiger partial charge in [0.2, 0.25) is 0 Å². The highest BCUT2D eigenvalue weighted by Crippen LogP contribution is 2.20. The fraction of sp³-hybridized carbons (Fsp3) is 0.350. The van der Waals surface area contributed by atoms with Crippen molar-refractivity contribution < 1.29 is 9.53 Å². The average Bonchev–Trinajstić information content (AvgIpc) is 3.20. The molecule has 1 aliphatic rings. The van der Waals surface area contributed by atoms with E-state index < -0.39 is 0 Å². The Bertz CT molecular complexity index is 872. The maximum atomic E-state index is 12.8. The second-order valence-corrected chi connectivity index (χ2v) is 7.25. The van der Waals surface area contributed by atoms with Crippen molar-refractivity contribution in [3.05, 3.63) is 53.5 Å². The van der Waals surface area contributed by atoms with Crippen LogP contribution in [0.2, 0.25) is 0 Å². The Hall–Kier alpha value is -2.67. The van der Waals surface area contributed by atoms with E-state index in [9.17, 15) is 4.79 Å². The van der Waals surface area contributed by atoms with Crippen molar-refractivity contribution in [1.82, 2.24) is 20.0 Å². The second kappa shape index (κ2) is 8.35. The van der Waals surface area contributed by atoms with Crippen molar-refractivity contribution >= 4 is 29.3 Å². The van der Waals surface area contributed by atoms with E-state index in [1.807, 2.05) is 42.1 Å². The first-order chi connectivity index (χ1) is 13.0. The van der Waals surface area contributed by atoms with Crippen LogP contribution in [0.15, 0.2) is 42.4 Å². The number of benzene rings is 1. The number of carbonyl (C=O) groups excluding carboxylic acids is 1. The van der Waals surface area contributed by atoms with Gasteiger partial charge in [0.05, 0.1) is 19.3 Å². The molecule has 0 atom stereocenters. The first-order valence-corrected chi connectivity index (χ1v) is 9.46. The molecule has 7 heteroatoms. The zero-order valence-electron chi connectivity index (χ0n) is 15.8. The molecule has 0 bridgehead atoms. The summed E-state index contributed by atoms with van der Waals surface area (Å²) in [7, 11) is 0. The van der Waals surface area contributed by atoms with Crippen LogP contribution < -0.4 is 10.1 Å². The summed E-state index contributed by atoms with van der Waals surface area (Å²) in [5.41, 5.74) is 2.29. The van der Waals surface area contributed by atoms with Crippen molar-refractivity contribution in [3.63, 3.8) is 0 Å². The van der Waals surface area contributed by atoms with Crippen molar-refractivity contribution in [3.8, 4) is 5.75 Å². The third-order valence-electron chi connectivity index (χ3n) is 4.07. The first-order valence-electron chi connectivity index (χ1n) is 9.05. The van der Waals surface area contributed by atoms with Gasteiger partial charge in [0.1, 0.15) is 11.4 Å². The van der Waals surface area contributed by atoms with Crippen LogP contribution >= 0.6 is 12.2 Å². The number of hydrogen-bond donors (Lipinski definition) is 1. The molecule has 1 N–H and O–H groups in total. The number of rotatable bonds is 7. The topological polar surface area (TPSA) is 59.4 Å². The van der Waals surface area contributed by atoms with Crippen LogP contribution in [0.5, 0.6) is 5.75 Å². The fourth-order valence-corrected chi connectivity index (χ4v) is 2.94. The SMILES string of the molecule is CCn1cc(CN2C(=O)C(=Cc3cccc(OCC(C)C)c3)NC2=S)cn1. The largest absolute Gasteiger partial charge is 0.493 e. The highest BCUT2D eigenvalue weighted by molar-refractivity contribution is 7.80. The molecule has 2 aromatic rings. The lowest BCUT2D eigenvalue weighted by molar-refractivity contribution is -0.122. The maximum Gasteiger partial charge on any atom is 0.276 e. The molecule has 0 radical (unpaired) electrons. The molecule has 2 heterocycles. The van der Waals surface area contributed by atoms with Crippen LogP contribution in [-0.2, 0) is 17.9 Å². The number of amides is 1. The van der Waals surface area contributed by atoms with Gasteiger partial charge in [0, 0.05) is 18.3 Å². The van der Waals surface area contributed by atoms with Crippen LogP contribution in [0.3, 0.4) is 0 Å². The third kappa shape index (κ3) is 4.74. The quantitative estimate of drug-likeness (QED) is 0.587. The molecule has 1 aromatic carbocycles. The van der Waals surface area contributed by atoms with Gasteiger partial charge in [-0.25, -0.2) is 0 Å². The highest BCUT2D eigenvalue weighted by Gasteiger charge is 2.30. The maximum absolute atomic E-state index is 12.8. The van der Waals surface area contributed by atoms with E-state index >= 15 is 0 Å². The molecule has 6 nitrogen and oxygen atoms in total. The Morgan fingerprint density at radius 2 is 2.19 bits per heavy atom. The standard InChI is InChI=1S/C20H24N4O2S/c1-4-23-11-16(10-21-23)12-24-19(25)18(22-20(24)27)9-15-6-5-7-17(8-15)26-13-14(2)3/h5-11,14H,4,12-13H2,1-3H3,(H,22,27). The van der Waals surface area contributed by atoms with E-state index in [4.69, 9.17) is 17.0 Å². The van der Waals surface area contributed by atoms with E-state index in [1.54, 1.807) is 17.2 Å². The van der Waals surface area contributed by atoms with Gasteiger partial charge in [0.25, 0.3) is 5.91 Å². The Morgan fingerprint density at radius 3 is 2.89 bits per heavy atom. The van der Waals surface area contributed by atoms with E-state index in [-0.39, 0.29) is 5.91 Å². The zero-order valence-corrected chi connectivity index (χ0v) is 16.6. The molecule has 1 aromatic heterocycles. The third-order valence-corrected chi connectivity index (χ3v) is 4.39. The summed E-state index contributed by atoms with van der Waals surface area (Å²) < 4.78 is 7.58. The lowest BCUT2D eigenvalue weighted by atomic mass is 10.1. The van der Waals surface area contributed by atoms with Crippen LogP contribution in [0.25, 0.3) is 6.08 Å². The summed E-state index contributed by atoms with van der Waals surface area (Å²) in [5, 5.41) is 7.66. The molecule has 142 valence electrons. The normalized spacial score (nSPS) is 15.7. The summed E-state index contributed by atoms with van der Waals surface area (Å²) in [5.74, 6) is 1.10. The number of thiocarbonyl (C=S) groups is 1. The molecular formula is C20H24N4O2S. The van der Waals surface area contributed by atoms with Gasteiger partial charge in [-0.1, -0.05) is 26.0 Å². The fourth-order valence-electron chi connectivity index (χ4n) is 2.68. The molecule has 0 aliphatic carbocycles. The van der Waals surface area contributed by atoms with E-state index in [0.29, 0.717) is 29.9 Å². The van der Waals surface area contributed by atoms with Gasteiger partial charge in [-0.2, -0.15) is 5.10 Å². The lowest BCUT2D eigenvalue weighted by Crippen LogP contribution is -2.29. The molecule has 0 unspecified atom stereocenters. The number of aromatic nitrogens is 2. The van der Waals surface area contributed by atoms with E-state index in [1.165, 1.54) is 0 Å². The van der Waals surface area contributed by atoms with Crippen LogP contribution in [0.1, 0.15) is 31.9 Å². The van der Waals surface area contributed by atoms with Crippen molar-refractivity contribution in [2.24, 2.45) is 5.92 Å². The predicted molar refractivity (Wildman–Crippen MR) is 109 cm³/mol. The molecule has 0 saturated carbocycles. The first kappa shape index (κ1) is 19.1. The Labute approximate surface area is 164 Å². The summed E-state index contributed by atoms with van der Waals surface area (Å²) >= 11 is 5.34. The number of ether oxygens (including phenoxy) is 1. The smallest absolute Gasteiger partial charge is 0.276 e. The van der Waals surface area contributed by atoms with Crippen LogP contribution in [0, 0.1) is 5.92 Å². The Kier molecular flexibility index (Phi) is 5.91. The number of nitrogens with one attached hydrogen (secondary N) is 1. The van der Waals surface area contributed by atoms with Crippen LogP contribution in [0.4, 0.5) is 0 Å². The zero-order chi connectivity index (χ0) is 19.4. The minimum atomic E-state index is -0.141. The minimum Gasteiger partial charge on any atom is -0.493 e. The lowest BCUT2D eigenvalue weighted by Gasteiger charge is -2.12. The molecule has 1 fully saturated rings. The van der Waals surface area contributed by atoms with Crippen molar-refractivity contribution in [2.45, 2.75) is 33.9 Å². The molecule has 1 amide bonds. The average molecular weight is 385 g/mol. The highest BCUT2D eigenvalue weighted by atomic mass is 32.1. The summed E-state index contributed by atoms with van der Waals surface area (Å²) in [4.78, 5) is 14.3. The second-order valence-electron chi connectivity index (χ2n) is 6.86. The molecule has 3 rings (SSSR count). The summed E-state index contributed by atoms with van der Waals surface area (Å²) in [6, 6.07) is 7.68. The van der Waals surface area contributed by atoms with Gasteiger partial charge in [-0.05, 0) is 48.8 Å². The van der Waals surface area contributed by atoms with E-state index in [0.717, 1.165) is 23.4 Å². The number of hydrogen-bond acceptors (Lipinski definition) is 4. The van der Waals surface area contributed by atoms with Crippen LogP contribution in [-0.4, -0.2) is 32.3 Å². The summed E-state index contributed by atoms with van der Waals surface area (Å²) in [6.45, 7) is 8.07. The number of carbonyl (C=O) groups is 1. The monoisotopic (exact) mass is 384 g/mol. The van der Waals surface area contributed by atoms with Crippen molar-refractivity contribution in [1.29, 1.82) is 0 Å². The Balaban J connectivity index is 1.73. The van der Waals surface area contributed by atoms with Gasteiger partial charge in [-0.15, -0.1) is 0 Å². The van der Waals surface area contributed by atoms with Crippen molar-refractivity contribution in [2.75, 3.05) is 6.61 Å². The molecular weight excluding hydrogens is 360 g/mol. The number of nitrogens with zero attached hydrogens (tertiary/aromatic N) is 3. The Morgan fingerprint density at radius 1 is 1.37 bits per heavy atom.